The molecule has 9 N–H and O–H groups in total. The molecule has 0 aliphatic carbocycles. The molecule has 12 heteroatoms. The second kappa shape index (κ2) is 10.4. The predicted molar refractivity (Wildman–Crippen MR) is 92.5 cm³/mol. The van der Waals surface area contributed by atoms with E-state index in [1.807, 2.05) is 0 Å². The Balaban J connectivity index is 3.12. The largest absolute Gasteiger partial charge is 0.394 e. The van der Waals surface area contributed by atoms with E-state index < -0.39 is 86.3 Å². The molecule has 1 heterocycles. The minimum absolute atomic E-state index is 0.468. The molecule has 0 aromatic carbocycles. The second-order valence-corrected chi connectivity index (χ2v) is 7.03. The normalized spacial score (nSPS) is 32.1. The van der Waals surface area contributed by atoms with E-state index in [0.29, 0.717) is 0 Å². The van der Waals surface area contributed by atoms with Crippen molar-refractivity contribution < 1.29 is 50.1 Å². The third-order valence-corrected chi connectivity index (χ3v) is 4.52. The Kier molecular flexibility index (Phi) is 9.17. The van der Waals surface area contributed by atoms with Crippen LogP contribution in [-0.4, -0.2) is 109 Å². The number of carbonyl (C=O) groups is 2. The molecule has 164 valence electrons. The van der Waals surface area contributed by atoms with Crippen molar-refractivity contribution in [3.05, 3.63) is 0 Å². The fourth-order valence-electron chi connectivity index (χ4n) is 3.22. The molecule has 0 saturated carbocycles. The molecule has 2 amide bonds. The first-order valence-electron chi connectivity index (χ1n) is 8.82. The fraction of sp³-hybridized carbons (Fsp3) is 0.875. The van der Waals surface area contributed by atoms with Gasteiger partial charge in [-0.3, -0.25) is 9.59 Å². The average molecular weight is 410 g/mol. The molecule has 12 nitrogen and oxygen atoms in total. The van der Waals surface area contributed by atoms with Crippen LogP contribution in [0.4, 0.5) is 0 Å². The monoisotopic (exact) mass is 410 g/mol. The van der Waals surface area contributed by atoms with Gasteiger partial charge in [-0.1, -0.05) is 0 Å². The van der Waals surface area contributed by atoms with Crippen molar-refractivity contribution in [3.8, 4) is 0 Å². The Hall–Kier alpha value is -1.38. The standard InChI is InChI=1S/C16H30N2O10/c1-7(21)17-9(11(24)5-19)3-16(27)4-10(23)13(18-8(2)22)15(28-16)14(26)12(25)6-20/h9-15,19-20,23-27H,3-6H2,1-2H3,(H,17,21)(H,18,22)/t9?,10-,11?,12+,13+,14+,15+,16+/m0/s1. The highest BCUT2D eigenvalue weighted by atomic mass is 16.6. The van der Waals surface area contributed by atoms with Crippen LogP contribution in [0.5, 0.6) is 0 Å². The highest BCUT2D eigenvalue weighted by molar-refractivity contribution is 5.73. The van der Waals surface area contributed by atoms with Gasteiger partial charge in [-0.05, 0) is 0 Å². The molecular formula is C16H30N2O10. The molecule has 0 bridgehead atoms. The van der Waals surface area contributed by atoms with E-state index >= 15 is 0 Å². The molecule has 1 rings (SSSR count). The number of aliphatic hydroxyl groups excluding tert-OH is 6. The number of amides is 2. The topological polar surface area (TPSA) is 209 Å². The summed E-state index contributed by atoms with van der Waals surface area (Å²) in [7, 11) is 0. The maximum atomic E-state index is 11.4. The minimum atomic E-state index is -2.20. The van der Waals surface area contributed by atoms with Crippen molar-refractivity contribution in [1.82, 2.24) is 10.6 Å². The number of rotatable bonds is 9. The lowest BCUT2D eigenvalue weighted by molar-refractivity contribution is -0.307. The molecule has 1 saturated heterocycles. The molecule has 1 aliphatic rings. The SMILES string of the molecule is CC(=O)NC(C[C@]1(O)C[C@H](O)[C@@H](NC(C)=O)[C@H]([C@H](O)[C@H](O)CO)O1)C(O)CO. The van der Waals surface area contributed by atoms with E-state index in [4.69, 9.17) is 14.9 Å². The van der Waals surface area contributed by atoms with Crippen molar-refractivity contribution in [2.75, 3.05) is 13.2 Å². The van der Waals surface area contributed by atoms with Crippen LogP contribution in [0.3, 0.4) is 0 Å². The van der Waals surface area contributed by atoms with Crippen molar-refractivity contribution in [3.63, 3.8) is 0 Å². The zero-order chi connectivity index (χ0) is 21.6. The number of nitrogens with one attached hydrogen (secondary N) is 2. The van der Waals surface area contributed by atoms with E-state index in [0.717, 1.165) is 13.8 Å². The maximum absolute atomic E-state index is 11.4. The molecule has 2 unspecified atom stereocenters. The van der Waals surface area contributed by atoms with Crippen LogP contribution < -0.4 is 10.6 Å². The third-order valence-electron chi connectivity index (χ3n) is 4.52. The minimum Gasteiger partial charge on any atom is -0.394 e. The van der Waals surface area contributed by atoms with E-state index in [-0.39, 0.29) is 0 Å². The zero-order valence-corrected chi connectivity index (χ0v) is 15.7. The van der Waals surface area contributed by atoms with Crippen molar-refractivity contribution in [2.24, 2.45) is 0 Å². The van der Waals surface area contributed by atoms with Gasteiger partial charge in [-0.15, -0.1) is 0 Å². The van der Waals surface area contributed by atoms with Gasteiger partial charge in [0.25, 0.3) is 0 Å². The van der Waals surface area contributed by atoms with Gasteiger partial charge in [0.15, 0.2) is 5.79 Å². The lowest BCUT2D eigenvalue weighted by Gasteiger charge is -2.47. The van der Waals surface area contributed by atoms with Gasteiger partial charge in [0, 0.05) is 26.7 Å². The van der Waals surface area contributed by atoms with Crippen molar-refractivity contribution >= 4 is 11.8 Å². The summed E-state index contributed by atoms with van der Waals surface area (Å²) in [4.78, 5) is 22.7. The summed E-state index contributed by atoms with van der Waals surface area (Å²) in [5, 5.41) is 74.0. The molecule has 1 fully saturated rings. The summed E-state index contributed by atoms with van der Waals surface area (Å²) >= 11 is 0. The van der Waals surface area contributed by atoms with Gasteiger partial charge < -0.3 is 51.1 Å². The van der Waals surface area contributed by atoms with Crippen LogP contribution in [0.15, 0.2) is 0 Å². The Morgan fingerprint density at radius 3 is 2.14 bits per heavy atom. The van der Waals surface area contributed by atoms with Gasteiger partial charge >= 0.3 is 0 Å². The van der Waals surface area contributed by atoms with Crippen LogP contribution in [0.2, 0.25) is 0 Å². The highest BCUT2D eigenvalue weighted by Crippen LogP contribution is 2.33. The van der Waals surface area contributed by atoms with Crippen LogP contribution in [-0.2, 0) is 14.3 Å². The molecule has 8 atom stereocenters. The Labute approximate surface area is 161 Å². The molecule has 1 aliphatic heterocycles. The predicted octanol–water partition coefficient (Wildman–Crippen LogP) is -4.71. The van der Waals surface area contributed by atoms with Gasteiger partial charge in [-0.25, -0.2) is 0 Å². The zero-order valence-electron chi connectivity index (χ0n) is 15.7. The van der Waals surface area contributed by atoms with Gasteiger partial charge in [0.1, 0.15) is 18.3 Å². The smallest absolute Gasteiger partial charge is 0.217 e. The fourth-order valence-corrected chi connectivity index (χ4v) is 3.22. The number of aliphatic hydroxyl groups is 7. The molecule has 0 spiro atoms. The summed E-state index contributed by atoms with van der Waals surface area (Å²) < 4.78 is 5.47. The molecule has 0 radical (unpaired) electrons. The molecular weight excluding hydrogens is 380 g/mol. The van der Waals surface area contributed by atoms with Crippen LogP contribution >= 0.6 is 0 Å². The van der Waals surface area contributed by atoms with E-state index in [1.54, 1.807) is 0 Å². The highest BCUT2D eigenvalue weighted by Gasteiger charge is 2.51. The van der Waals surface area contributed by atoms with Gasteiger partial charge in [0.05, 0.1) is 37.5 Å². The number of hydrogen-bond acceptors (Lipinski definition) is 10. The first kappa shape index (κ1) is 24.7. The number of hydrogen-bond donors (Lipinski definition) is 9. The lowest BCUT2D eigenvalue weighted by atomic mass is 9.85. The van der Waals surface area contributed by atoms with Crippen LogP contribution in [0, 0.1) is 0 Å². The summed E-state index contributed by atoms with van der Waals surface area (Å²) in [5.74, 6) is -3.32. The first-order chi connectivity index (χ1) is 12.9. The van der Waals surface area contributed by atoms with E-state index in [2.05, 4.69) is 10.6 Å². The van der Waals surface area contributed by atoms with Crippen LogP contribution in [0.1, 0.15) is 26.7 Å². The van der Waals surface area contributed by atoms with Gasteiger partial charge in [0.2, 0.25) is 11.8 Å². The van der Waals surface area contributed by atoms with Crippen LogP contribution in [0.25, 0.3) is 0 Å². The molecule has 0 aromatic heterocycles. The number of carbonyl (C=O) groups excluding carboxylic acids is 2. The third kappa shape index (κ3) is 6.60. The van der Waals surface area contributed by atoms with Crippen molar-refractivity contribution in [1.29, 1.82) is 0 Å². The Morgan fingerprint density at radius 1 is 1.11 bits per heavy atom. The summed E-state index contributed by atoms with van der Waals surface area (Å²) in [6, 6.07) is -2.37. The summed E-state index contributed by atoms with van der Waals surface area (Å²) in [6.07, 6.45) is -8.83. The molecule has 28 heavy (non-hydrogen) atoms. The van der Waals surface area contributed by atoms with E-state index in [9.17, 15) is 35.1 Å². The second-order valence-electron chi connectivity index (χ2n) is 7.03. The Bertz CT molecular complexity index is 536. The first-order valence-corrected chi connectivity index (χ1v) is 8.82. The molecule has 0 aromatic rings. The number of ether oxygens (including phenoxy) is 1. The van der Waals surface area contributed by atoms with E-state index in [1.165, 1.54) is 0 Å². The van der Waals surface area contributed by atoms with Crippen molar-refractivity contribution in [2.45, 2.75) is 75.1 Å². The lowest BCUT2D eigenvalue weighted by Crippen LogP contribution is -2.66. The average Bonchev–Trinajstić information content (AvgIpc) is 2.60. The van der Waals surface area contributed by atoms with Gasteiger partial charge in [-0.2, -0.15) is 0 Å². The quantitative estimate of drug-likeness (QED) is 0.177. The Morgan fingerprint density at radius 2 is 1.68 bits per heavy atom. The summed E-state index contributed by atoms with van der Waals surface area (Å²) in [6.45, 7) is 0.742. The summed E-state index contributed by atoms with van der Waals surface area (Å²) in [5.41, 5.74) is 0. The maximum Gasteiger partial charge on any atom is 0.217 e.